The number of nitrogen functional groups attached to an aromatic ring is 2. The first-order chi connectivity index (χ1) is 10.2. The molecule has 0 bridgehead atoms. The van der Waals surface area contributed by atoms with Crippen LogP contribution < -0.4 is 11.5 Å². The summed E-state index contributed by atoms with van der Waals surface area (Å²) < 4.78 is 5.37. The first kappa shape index (κ1) is 13.8. The molecule has 6 nitrogen and oxygen atoms in total. The van der Waals surface area contributed by atoms with Gasteiger partial charge in [0.2, 0.25) is 5.95 Å². The van der Waals surface area contributed by atoms with E-state index in [0.29, 0.717) is 5.82 Å². The van der Waals surface area contributed by atoms with Gasteiger partial charge >= 0.3 is 0 Å². The summed E-state index contributed by atoms with van der Waals surface area (Å²) >= 11 is 0. The minimum Gasteiger partial charge on any atom is -0.383 e. The SMILES string of the molecule is Nc1ncc(-c2cccc(CN3CCOCC3)c2)c(N)n1. The molecule has 1 saturated heterocycles. The quantitative estimate of drug-likeness (QED) is 0.879. The lowest BCUT2D eigenvalue weighted by Crippen LogP contribution is -2.35. The maximum atomic E-state index is 5.93. The second kappa shape index (κ2) is 6.07. The minimum absolute atomic E-state index is 0.195. The van der Waals surface area contributed by atoms with Crippen LogP contribution in [-0.2, 0) is 11.3 Å². The molecule has 0 amide bonds. The molecule has 1 aromatic carbocycles. The zero-order valence-corrected chi connectivity index (χ0v) is 11.8. The fraction of sp³-hybridized carbons (Fsp3) is 0.333. The number of nitrogens with zero attached hydrogens (tertiary/aromatic N) is 3. The first-order valence-electron chi connectivity index (χ1n) is 7.00. The summed E-state index contributed by atoms with van der Waals surface area (Å²) in [4.78, 5) is 10.4. The molecule has 0 atom stereocenters. The van der Waals surface area contributed by atoms with Gasteiger partial charge in [0.15, 0.2) is 0 Å². The second-order valence-electron chi connectivity index (χ2n) is 5.12. The molecule has 1 aromatic heterocycles. The van der Waals surface area contributed by atoms with Crippen LogP contribution in [0.25, 0.3) is 11.1 Å². The van der Waals surface area contributed by atoms with E-state index in [4.69, 9.17) is 16.2 Å². The van der Waals surface area contributed by atoms with Crippen molar-refractivity contribution in [3.8, 4) is 11.1 Å². The Morgan fingerprint density at radius 1 is 1.19 bits per heavy atom. The lowest BCUT2D eigenvalue weighted by Gasteiger charge is -2.26. The van der Waals surface area contributed by atoms with E-state index in [0.717, 1.165) is 44.0 Å². The van der Waals surface area contributed by atoms with Crippen LogP contribution in [0.5, 0.6) is 0 Å². The monoisotopic (exact) mass is 285 g/mol. The standard InChI is InChI=1S/C15H19N5O/c16-14-13(9-18-15(17)19-14)12-3-1-2-11(8-12)10-20-4-6-21-7-5-20/h1-3,8-9H,4-7,10H2,(H4,16,17,18,19). The first-order valence-corrected chi connectivity index (χ1v) is 7.00. The Morgan fingerprint density at radius 3 is 2.76 bits per heavy atom. The molecule has 6 heteroatoms. The summed E-state index contributed by atoms with van der Waals surface area (Å²) in [5.74, 6) is 0.603. The molecule has 0 radical (unpaired) electrons. The van der Waals surface area contributed by atoms with Gasteiger partial charge in [-0.15, -0.1) is 0 Å². The number of benzene rings is 1. The molecule has 2 heterocycles. The van der Waals surface area contributed by atoms with E-state index in [1.165, 1.54) is 5.56 Å². The number of rotatable bonds is 3. The summed E-state index contributed by atoms with van der Waals surface area (Å²) in [6.07, 6.45) is 1.67. The average molecular weight is 285 g/mol. The van der Waals surface area contributed by atoms with Crippen molar-refractivity contribution >= 4 is 11.8 Å². The zero-order valence-electron chi connectivity index (χ0n) is 11.8. The van der Waals surface area contributed by atoms with E-state index >= 15 is 0 Å². The molecule has 1 aliphatic heterocycles. The van der Waals surface area contributed by atoms with Gasteiger partial charge in [0.25, 0.3) is 0 Å². The predicted molar refractivity (Wildman–Crippen MR) is 82.4 cm³/mol. The smallest absolute Gasteiger partial charge is 0.221 e. The topological polar surface area (TPSA) is 90.3 Å². The molecule has 0 spiro atoms. The highest BCUT2D eigenvalue weighted by atomic mass is 16.5. The number of morpholine rings is 1. The zero-order chi connectivity index (χ0) is 14.7. The van der Waals surface area contributed by atoms with E-state index in [2.05, 4.69) is 27.0 Å². The van der Waals surface area contributed by atoms with Gasteiger partial charge in [-0.2, -0.15) is 4.98 Å². The third-order valence-electron chi connectivity index (χ3n) is 3.58. The predicted octanol–water partition coefficient (Wildman–Crippen LogP) is 1.14. The van der Waals surface area contributed by atoms with Crippen molar-refractivity contribution < 1.29 is 4.74 Å². The van der Waals surface area contributed by atoms with Crippen molar-refractivity contribution in [2.45, 2.75) is 6.54 Å². The van der Waals surface area contributed by atoms with Gasteiger partial charge in [-0.25, -0.2) is 4.98 Å². The number of nitrogens with two attached hydrogens (primary N) is 2. The Morgan fingerprint density at radius 2 is 2.00 bits per heavy atom. The molecular formula is C15H19N5O. The van der Waals surface area contributed by atoms with Crippen molar-refractivity contribution in [2.24, 2.45) is 0 Å². The third kappa shape index (κ3) is 3.29. The van der Waals surface area contributed by atoms with E-state index in [9.17, 15) is 0 Å². The Labute approximate surface area is 123 Å². The van der Waals surface area contributed by atoms with Crippen molar-refractivity contribution in [1.29, 1.82) is 0 Å². The number of ether oxygens (including phenoxy) is 1. The molecule has 1 aliphatic rings. The van der Waals surface area contributed by atoms with Crippen LogP contribution in [0.2, 0.25) is 0 Å². The van der Waals surface area contributed by atoms with Gasteiger partial charge in [-0.1, -0.05) is 18.2 Å². The molecule has 0 aliphatic carbocycles. The average Bonchev–Trinajstić information content (AvgIpc) is 2.48. The molecule has 0 saturated carbocycles. The van der Waals surface area contributed by atoms with Crippen LogP contribution in [0, 0.1) is 0 Å². The van der Waals surface area contributed by atoms with Gasteiger partial charge in [0.1, 0.15) is 5.82 Å². The van der Waals surface area contributed by atoms with Crippen LogP contribution >= 0.6 is 0 Å². The number of hydrogen-bond acceptors (Lipinski definition) is 6. The van der Waals surface area contributed by atoms with Crippen molar-refractivity contribution in [3.05, 3.63) is 36.0 Å². The lowest BCUT2D eigenvalue weighted by molar-refractivity contribution is 0.0342. The fourth-order valence-corrected chi connectivity index (χ4v) is 2.49. The minimum atomic E-state index is 0.195. The number of anilines is 2. The number of aromatic nitrogens is 2. The van der Waals surface area contributed by atoms with Gasteiger partial charge in [0.05, 0.1) is 13.2 Å². The van der Waals surface area contributed by atoms with Gasteiger partial charge in [-0.3, -0.25) is 4.90 Å². The highest BCUT2D eigenvalue weighted by Crippen LogP contribution is 2.25. The summed E-state index contributed by atoms with van der Waals surface area (Å²) in [5, 5.41) is 0. The normalized spacial score (nSPS) is 16.0. The maximum Gasteiger partial charge on any atom is 0.221 e. The molecule has 4 N–H and O–H groups in total. The molecule has 3 rings (SSSR count). The Kier molecular flexibility index (Phi) is 3.98. The maximum absolute atomic E-state index is 5.93. The molecule has 2 aromatic rings. The Balaban J connectivity index is 1.82. The van der Waals surface area contributed by atoms with Crippen LogP contribution in [0.3, 0.4) is 0 Å². The van der Waals surface area contributed by atoms with Crippen LogP contribution in [-0.4, -0.2) is 41.2 Å². The number of hydrogen-bond donors (Lipinski definition) is 2. The fourth-order valence-electron chi connectivity index (χ4n) is 2.49. The van der Waals surface area contributed by atoms with Crippen molar-refractivity contribution in [1.82, 2.24) is 14.9 Å². The highest BCUT2D eigenvalue weighted by molar-refractivity contribution is 5.73. The van der Waals surface area contributed by atoms with Crippen molar-refractivity contribution in [3.63, 3.8) is 0 Å². The van der Waals surface area contributed by atoms with Crippen LogP contribution in [0.15, 0.2) is 30.5 Å². The van der Waals surface area contributed by atoms with Crippen molar-refractivity contribution in [2.75, 3.05) is 37.8 Å². The summed E-state index contributed by atoms with van der Waals surface area (Å²) in [5.41, 5.74) is 14.5. The summed E-state index contributed by atoms with van der Waals surface area (Å²) in [6, 6.07) is 8.28. The van der Waals surface area contributed by atoms with Gasteiger partial charge in [-0.05, 0) is 17.2 Å². The summed E-state index contributed by atoms with van der Waals surface area (Å²) in [7, 11) is 0. The lowest BCUT2D eigenvalue weighted by atomic mass is 10.0. The largest absolute Gasteiger partial charge is 0.383 e. The van der Waals surface area contributed by atoms with E-state index < -0.39 is 0 Å². The van der Waals surface area contributed by atoms with Gasteiger partial charge in [0, 0.05) is 31.4 Å². The van der Waals surface area contributed by atoms with Gasteiger partial charge < -0.3 is 16.2 Å². The third-order valence-corrected chi connectivity index (χ3v) is 3.58. The molecule has 110 valence electrons. The van der Waals surface area contributed by atoms with E-state index in [-0.39, 0.29) is 5.95 Å². The van der Waals surface area contributed by atoms with E-state index in [1.807, 2.05) is 12.1 Å². The Bertz CT molecular complexity index is 625. The van der Waals surface area contributed by atoms with E-state index in [1.54, 1.807) is 6.20 Å². The molecule has 1 fully saturated rings. The summed E-state index contributed by atoms with van der Waals surface area (Å²) in [6.45, 7) is 4.46. The second-order valence-corrected chi connectivity index (χ2v) is 5.12. The highest BCUT2D eigenvalue weighted by Gasteiger charge is 2.12. The molecular weight excluding hydrogens is 266 g/mol. The van der Waals surface area contributed by atoms with Crippen LogP contribution in [0.4, 0.5) is 11.8 Å². The molecule has 0 unspecified atom stereocenters. The Hall–Kier alpha value is -2.18. The van der Waals surface area contributed by atoms with Crippen LogP contribution in [0.1, 0.15) is 5.56 Å². The molecule has 21 heavy (non-hydrogen) atoms.